The molecule has 1 N–H and O–H groups in total. The van der Waals surface area contributed by atoms with Crippen molar-refractivity contribution in [2.45, 2.75) is 62.4 Å². The average molecular weight is 754 g/mol. The van der Waals surface area contributed by atoms with Crippen molar-refractivity contribution >= 4 is 63.8 Å². The van der Waals surface area contributed by atoms with Crippen LogP contribution in [0.4, 0.5) is 0 Å². The van der Waals surface area contributed by atoms with Crippen molar-refractivity contribution in [2.75, 3.05) is 6.54 Å². The third kappa shape index (κ3) is 10.6. The van der Waals surface area contributed by atoms with E-state index in [-0.39, 0.29) is 50.8 Å². The molecule has 0 heterocycles. The summed E-state index contributed by atoms with van der Waals surface area (Å²) < 4.78 is 12.6. The molecule has 10 heteroatoms. The summed E-state index contributed by atoms with van der Waals surface area (Å²) in [5, 5.41) is 3.62. The van der Waals surface area contributed by atoms with Crippen LogP contribution < -0.4 is 9.78 Å². The molecule has 46 heavy (non-hydrogen) atoms. The first-order chi connectivity index (χ1) is 22.3. The first-order valence-corrected chi connectivity index (χ1v) is 19.3. The van der Waals surface area contributed by atoms with E-state index in [1.54, 1.807) is 31.2 Å². The fraction of sp³-hybridized carbons (Fsp3) is 0.306. The van der Waals surface area contributed by atoms with Gasteiger partial charge >= 0.3 is 247 Å². The third-order valence-electron chi connectivity index (χ3n) is 7.17. The number of unbranched alkanes of at least 4 members (excludes halogenated alkanes) is 2. The molecule has 0 bridgehead atoms. The van der Waals surface area contributed by atoms with Crippen LogP contribution in [0, 0.1) is 0 Å². The van der Waals surface area contributed by atoms with Gasteiger partial charge in [0.1, 0.15) is 0 Å². The zero-order chi connectivity index (χ0) is 32.7. The van der Waals surface area contributed by atoms with E-state index in [1.165, 1.54) is 4.46 Å². The number of carbonyl (C=O) groups excluding carboxylic acids is 5. The number of rotatable bonds is 17. The number of allylic oxidation sites excluding steroid dienone is 2. The van der Waals surface area contributed by atoms with Gasteiger partial charge in [0.2, 0.25) is 0 Å². The Morgan fingerprint density at radius 3 is 2.11 bits per heavy atom. The van der Waals surface area contributed by atoms with Crippen LogP contribution >= 0.6 is 0 Å². The standard InChI is InChI=1S/C36H37NO7Se2/c1-25-33(40)28-17-10-11-18-29(28)34(41)35(25)46-24-30(44-32(39)20-22-45-27-15-7-3-8-16-27)36(42)37-21-12-4-9-19-31(38)43-23-26-13-5-2-6-14-26/h2-3,5-8,10-11,13-18,30H,4,9,12,19-24H2,1H3,(H,37,42). The third-order valence-corrected chi connectivity index (χ3v) is 11.9. The second-order valence-electron chi connectivity index (χ2n) is 10.6. The molecule has 1 atom stereocenters. The van der Waals surface area contributed by atoms with Crippen LogP contribution in [-0.4, -0.2) is 72.0 Å². The van der Waals surface area contributed by atoms with Crippen molar-refractivity contribution in [3.63, 3.8) is 0 Å². The van der Waals surface area contributed by atoms with Gasteiger partial charge in [-0.2, -0.15) is 0 Å². The Bertz CT molecular complexity index is 1560. The van der Waals surface area contributed by atoms with Crippen molar-refractivity contribution in [2.24, 2.45) is 0 Å². The van der Waals surface area contributed by atoms with E-state index >= 15 is 0 Å². The Labute approximate surface area is 282 Å². The van der Waals surface area contributed by atoms with E-state index in [2.05, 4.69) is 5.32 Å². The molecule has 3 aromatic carbocycles. The number of nitrogens with one attached hydrogen (secondary N) is 1. The molecule has 1 unspecified atom stereocenters. The van der Waals surface area contributed by atoms with Gasteiger partial charge in [0.25, 0.3) is 0 Å². The van der Waals surface area contributed by atoms with Gasteiger partial charge in [-0.15, -0.1) is 0 Å². The molecule has 0 saturated carbocycles. The van der Waals surface area contributed by atoms with Crippen LogP contribution in [0.25, 0.3) is 0 Å². The number of fused-ring (bicyclic) bond motifs is 1. The molecular weight excluding hydrogens is 716 g/mol. The molecule has 1 amide bonds. The molecule has 0 spiro atoms. The minimum atomic E-state index is -1.08. The molecule has 0 saturated heterocycles. The van der Waals surface area contributed by atoms with Crippen LogP contribution in [-0.2, 0) is 30.5 Å². The number of hydrogen-bond acceptors (Lipinski definition) is 7. The van der Waals surface area contributed by atoms with Gasteiger partial charge in [0, 0.05) is 0 Å². The van der Waals surface area contributed by atoms with E-state index in [0.717, 1.165) is 5.56 Å². The molecule has 1 aliphatic carbocycles. The minimum absolute atomic E-state index is 0.0974. The summed E-state index contributed by atoms with van der Waals surface area (Å²) in [5.41, 5.74) is 2.06. The molecular formula is C36H37NO7Se2. The Kier molecular flexibility index (Phi) is 14.0. The number of carbonyl (C=O) groups is 5. The summed E-state index contributed by atoms with van der Waals surface area (Å²) in [4.78, 5) is 64.3. The molecule has 0 aliphatic heterocycles. The van der Waals surface area contributed by atoms with Gasteiger partial charge < -0.3 is 0 Å². The second-order valence-corrected chi connectivity index (χ2v) is 15.2. The Morgan fingerprint density at radius 1 is 0.739 bits per heavy atom. The van der Waals surface area contributed by atoms with E-state index in [9.17, 15) is 24.0 Å². The van der Waals surface area contributed by atoms with E-state index in [1.807, 2.05) is 60.7 Å². The van der Waals surface area contributed by atoms with Crippen LogP contribution in [0.3, 0.4) is 0 Å². The quantitative estimate of drug-likeness (QED) is 0.122. The van der Waals surface area contributed by atoms with E-state index < -0.39 is 32.9 Å². The molecule has 1 aliphatic rings. The number of ketones is 2. The molecule has 8 nitrogen and oxygen atoms in total. The fourth-order valence-electron chi connectivity index (χ4n) is 4.67. The summed E-state index contributed by atoms with van der Waals surface area (Å²) >= 11 is -0.485. The summed E-state index contributed by atoms with van der Waals surface area (Å²) in [6, 6.07) is 26.1. The second kappa shape index (κ2) is 18.4. The van der Waals surface area contributed by atoms with E-state index in [0.29, 0.717) is 58.7 Å². The summed E-state index contributed by atoms with van der Waals surface area (Å²) in [7, 11) is 0. The van der Waals surface area contributed by atoms with Crippen molar-refractivity contribution in [1.29, 1.82) is 0 Å². The Hall–Kier alpha value is -3.81. The molecule has 4 rings (SSSR count). The maximum atomic E-state index is 13.3. The van der Waals surface area contributed by atoms with Crippen LogP contribution in [0.5, 0.6) is 0 Å². The number of benzene rings is 3. The maximum absolute atomic E-state index is 13.3. The Balaban J connectivity index is 1.27. The first kappa shape index (κ1) is 35.1. The SMILES string of the molecule is CC1=C([Se]CC(OC(=O)CC[Se]c2ccccc2)C(=O)NCCCCCC(=O)OCc2ccccc2)C(=O)c2ccccc2C1=O. The van der Waals surface area contributed by atoms with Crippen molar-refractivity contribution in [1.82, 2.24) is 5.32 Å². The van der Waals surface area contributed by atoms with Gasteiger partial charge in [-0.25, -0.2) is 0 Å². The predicted molar refractivity (Wildman–Crippen MR) is 177 cm³/mol. The monoisotopic (exact) mass is 755 g/mol. The fourth-order valence-corrected chi connectivity index (χ4v) is 8.74. The number of ether oxygens (including phenoxy) is 2. The van der Waals surface area contributed by atoms with Gasteiger partial charge in [0.15, 0.2) is 0 Å². The summed E-state index contributed by atoms with van der Waals surface area (Å²) in [6.07, 6.45) is 1.36. The van der Waals surface area contributed by atoms with E-state index in [4.69, 9.17) is 9.47 Å². The normalized spacial score (nSPS) is 13.2. The first-order valence-electron chi connectivity index (χ1n) is 15.2. The number of esters is 2. The van der Waals surface area contributed by atoms with Crippen molar-refractivity contribution in [3.8, 4) is 0 Å². The molecule has 3 aromatic rings. The van der Waals surface area contributed by atoms with Crippen LogP contribution in [0.2, 0.25) is 10.6 Å². The Morgan fingerprint density at radius 2 is 1.39 bits per heavy atom. The topological polar surface area (TPSA) is 116 Å². The average Bonchev–Trinajstić information content (AvgIpc) is 3.08. The number of amides is 1. The van der Waals surface area contributed by atoms with Crippen LogP contribution in [0.15, 0.2) is 95.0 Å². The van der Waals surface area contributed by atoms with Crippen molar-refractivity contribution < 1.29 is 33.4 Å². The molecule has 0 fully saturated rings. The molecule has 0 aromatic heterocycles. The number of hydrogen-bond donors (Lipinski definition) is 1. The summed E-state index contributed by atoms with van der Waals surface area (Å²) in [5.74, 6) is -1.58. The predicted octanol–water partition coefficient (Wildman–Crippen LogP) is 4.63. The number of Topliss-reactive ketones (excluding diaryl/α,β-unsaturated/α-hetero) is 2. The zero-order valence-corrected chi connectivity index (χ0v) is 29.1. The van der Waals surface area contributed by atoms with Crippen molar-refractivity contribution in [3.05, 3.63) is 112 Å². The molecule has 0 radical (unpaired) electrons. The summed E-state index contributed by atoms with van der Waals surface area (Å²) in [6.45, 7) is 2.23. The zero-order valence-electron chi connectivity index (χ0n) is 25.7. The van der Waals surface area contributed by atoms with Gasteiger partial charge in [0.05, 0.1) is 0 Å². The van der Waals surface area contributed by atoms with Gasteiger partial charge in [-0.05, 0) is 5.56 Å². The van der Waals surface area contributed by atoms with Gasteiger partial charge in [-0.1, -0.05) is 30.3 Å². The molecule has 240 valence electrons. The van der Waals surface area contributed by atoms with Gasteiger partial charge in [-0.3, -0.25) is 0 Å². The van der Waals surface area contributed by atoms with Crippen LogP contribution in [0.1, 0.15) is 65.3 Å².